The first-order valence-electron chi connectivity index (χ1n) is 7.19. The van der Waals surface area contributed by atoms with E-state index >= 15 is 0 Å². The second kappa shape index (κ2) is 4.85. The minimum Gasteiger partial charge on any atom is -0.0619 e. The van der Waals surface area contributed by atoms with Gasteiger partial charge in [0.25, 0.3) is 0 Å². The molecule has 0 saturated heterocycles. The molecule has 102 valence electrons. The van der Waals surface area contributed by atoms with Gasteiger partial charge in [0.05, 0.1) is 0 Å². The van der Waals surface area contributed by atoms with Crippen LogP contribution >= 0.6 is 15.9 Å². The van der Waals surface area contributed by atoms with Crippen molar-refractivity contribution >= 4 is 15.9 Å². The highest BCUT2D eigenvalue weighted by Gasteiger charge is 2.29. The largest absolute Gasteiger partial charge is 0.0619 e. The third kappa shape index (κ3) is 2.04. The summed E-state index contributed by atoms with van der Waals surface area (Å²) in [6, 6.07) is 24.3. The first-order valence-corrected chi connectivity index (χ1v) is 7.98. The highest BCUT2D eigenvalue weighted by atomic mass is 79.9. The van der Waals surface area contributed by atoms with Gasteiger partial charge in [-0.1, -0.05) is 76.1 Å². The quantitative estimate of drug-likeness (QED) is 0.405. The molecule has 0 heterocycles. The van der Waals surface area contributed by atoms with Crippen molar-refractivity contribution in [1.29, 1.82) is 0 Å². The summed E-state index contributed by atoms with van der Waals surface area (Å²) in [5, 5.41) is 0. The Morgan fingerprint density at radius 1 is 0.762 bits per heavy atom. The van der Waals surface area contributed by atoms with Crippen LogP contribution in [-0.2, 0) is 0 Å². The van der Waals surface area contributed by atoms with E-state index in [1.807, 2.05) is 0 Å². The van der Waals surface area contributed by atoms with E-state index in [0.717, 1.165) is 4.47 Å². The van der Waals surface area contributed by atoms with Gasteiger partial charge in [-0.2, -0.15) is 0 Å². The molecule has 0 radical (unpaired) electrons. The lowest BCUT2D eigenvalue weighted by atomic mass is 9.89. The SMILES string of the molecule is Cc1ccc(C2c3ccccc3-c3ccc(Br)cc32)cc1. The van der Waals surface area contributed by atoms with E-state index < -0.39 is 0 Å². The van der Waals surface area contributed by atoms with Crippen molar-refractivity contribution in [1.82, 2.24) is 0 Å². The van der Waals surface area contributed by atoms with Crippen molar-refractivity contribution in [2.75, 3.05) is 0 Å². The number of hydrogen-bond donors (Lipinski definition) is 0. The third-order valence-corrected chi connectivity index (χ3v) is 4.79. The fraction of sp³-hybridized carbons (Fsp3) is 0.100. The molecule has 3 aromatic carbocycles. The minimum atomic E-state index is 0.342. The first-order chi connectivity index (χ1) is 10.2. The van der Waals surface area contributed by atoms with Crippen LogP contribution < -0.4 is 0 Å². The normalized spacial score (nSPS) is 15.6. The molecule has 0 aliphatic heterocycles. The molecule has 0 fully saturated rings. The lowest BCUT2D eigenvalue weighted by Crippen LogP contribution is -1.99. The maximum absolute atomic E-state index is 3.62. The second-order valence-electron chi connectivity index (χ2n) is 5.66. The maximum Gasteiger partial charge on any atom is 0.0352 e. The van der Waals surface area contributed by atoms with Crippen molar-refractivity contribution < 1.29 is 0 Å². The second-order valence-corrected chi connectivity index (χ2v) is 6.58. The van der Waals surface area contributed by atoms with Crippen molar-refractivity contribution in [2.24, 2.45) is 0 Å². The number of rotatable bonds is 1. The Kier molecular flexibility index (Phi) is 2.97. The molecule has 1 atom stereocenters. The zero-order chi connectivity index (χ0) is 14.4. The Bertz CT molecular complexity index is 815. The van der Waals surface area contributed by atoms with Gasteiger partial charge in [0.15, 0.2) is 0 Å². The zero-order valence-corrected chi connectivity index (χ0v) is 13.4. The van der Waals surface area contributed by atoms with Crippen LogP contribution in [0.4, 0.5) is 0 Å². The molecule has 0 amide bonds. The van der Waals surface area contributed by atoms with E-state index in [2.05, 4.69) is 89.6 Å². The molecular weight excluding hydrogens is 320 g/mol. The fourth-order valence-corrected chi connectivity index (χ4v) is 3.68. The number of aryl methyl sites for hydroxylation is 1. The Morgan fingerprint density at radius 3 is 2.29 bits per heavy atom. The van der Waals surface area contributed by atoms with E-state index in [1.165, 1.54) is 33.4 Å². The fourth-order valence-electron chi connectivity index (χ4n) is 3.30. The average Bonchev–Trinajstić information content (AvgIpc) is 2.82. The first kappa shape index (κ1) is 12.8. The van der Waals surface area contributed by atoms with E-state index in [0.29, 0.717) is 5.92 Å². The summed E-state index contributed by atoms with van der Waals surface area (Å²) in [6.45, 7) is 2.14. The van der Waals surface area contributed by atoms with E-state index in [9.17, 15) is 0 Å². The Hall–Kier alpha value is -1.86. The van der Waals surface area contributed by atoms with Gasteiger partial charge in [0.1, 0.15) is 0 Å². The highest BCUT2D eigenvalue weighted by molar-refractivity contribution is 9.10. The van der Waals surface area contributed by atoms with Crippen molar-refractivity contribution in [2.45, 2.75) is 12.8 Å². The lowest BCUT2D eigenvalue weighted by molar-refractivity contribution is 1.01. The molecule has 0 saturated carbocycles. The molecule has 4 rings (SSSR count). The summed E-state index contributed by atoms with van der Waals surface area (Å²) in [7, 11) is 0. The molecule has 0 N–H and O–H groups in total. The maximum atomic E-state index is 3.62. The molecule has 0 aromatic heterocycles. The Labute approximate surface area is 133 Å². The van der Waals surface area contributed by atoms with Crippen LogP contribution in [-0.4, -0.2) is 0 Å². The predicted molar refractivity (Wildman–Crippen MR) is 91.7 cm³/mol. The van der Waals surface area contributed by atoms with Crippen molar-refractivity contribution in [3.05, 3.63) is 93.5 Å². The number of benzene rings is 3. The zero-order valence-electron chi connectivity index (χ0n) is 11.8. The lowest BCUT2D eigenvalue weighted by Gasteiger charge is -2.14. The van der Waals surface area contributed by atoms with Gasteiger partial charge in [0.2, 0.25) is 0 Å². The highest BCUT2D eigenvalue weighted by Crippen LogP contribution is 2.48. The molecule has 0 bridgehead atoms. The van der Waals surface area contributed by atoms with Crippen LogP contribution in [0.3, 0.4) is 0 Å². The van der Waals surface area contributed by atoms with Gasteiger partial charge in [-0.3, -0.25) is 0 Å². The molecule has 1 aliphatic rings. The van der Waals surface area contributed by atoms with Crippen molar-refractivity contribution in [3.63, 3.8) is 0 Å². The predicted octanol–water partition coefficient (Wildman–Crippen LogP) is 5.92. The summed E-state index contributed by atoms with van der Waals surface area (Å²) < 4.78 is 1.14. The standard InChI is InChI=1S/C20H15Br/c1-13-6-8-14(9-7-13)20-18-5-3-2-4-16(18)17-11-10-15(21)12-19(17)20/h2-12,20H,1H3. The van der Waals surface area contributed by atoms with Crippen LogP contribution in [0.5, 0.6) is 0 Å². The minimum absolute atomic E-state index is 0.342. The van der Waals surface area contributed by atoms with Crippen LogP contribution in [0.1, 0.15) is 28.2 Å². The van der Waals surface area contributed by atoms with Crippen molar-refractivity contribution in [3.8, 4) is 11.1 Å². The summed E-state index contributed by atoms with van der Waals surface area (Å²) in [6.07, 6.45) is 0. The number of fused-ring (bicyclic) bond motifs is 3. The van der Waals surface area contributed by atoms with E-state index in [1.54, 1.807) is 0 Å². The average molecular weight is 335 g/mol. The summed E-state index contributed by atoms with van der Waals surface area (Å²) in [4.78, 5) is 0. The molecule has 21 heavy (non-hydrogen) atoms. The summed E-state index contributed by atoms with van der Waals surface area (Å²) in [5.74, 6) is 0.342. The van der Waals surface area contributed by atoms with Gasteiger partial charge in [-0.15, -0.1) is 0 Å². The summed E-state index contributed by atoms with van der Waals surface area (Å²) >= 11 is 3.62. The molecule has 1 aliphatic carbocycles. The molecule has 3 aromatic rings. The Morgan fingerprint density at radius 2 is 1.48 bits per heavy atom. The molecule has 1 unspecified atom stereocenters. The van der Waals surface area contributed by atoms with Gasteiger partial charge in [-0.25, -0.2) is 0 Å². The van der Waals surface area contributed by atoms with Crippen LogP contribution in [0.2, 0.25) is 0 Å². The Balaban J connectivity index is 1.98. The van der Waals surface area contributed by atoms with Gasteiger partial charge in [-0.05, 0) is 46.9 Å². The summed E-state index contributed by atoms with van der Waals surface area (Å²) in [5.41, 5.74) is 8.21. The molecule has 1 heteroatoms. The molecular formula is C20H15Br. The monoisotopic (exact) mass is 334 g/mol. The topological polar surface area (TPSA) is 0 Å². The van der Waals surface area contributed by atoms with E-state index in [-0.39, 0.29) is 0 Å². The van der Waals surface area contributed by atoms with Gasteiger partial charge < -0.3 is 0 Å². The van der Waals surface area contributed by atoms with Crippen LogP contribution in [0.15, 0.2) is 71.2 Å². The smallest absolute Gasteiger partial charge is 0.0352 e. The molecule has 0 spiro atoms. The number of halogens is 1. The van der Waals surface area contributed by atoms with E-state index in [4.69, 9.17) is 0 Å². The third-order valence-electron chi connectivity index (χ3n) is 4.30. The molecule has 0 nitrogen and oxygen atoms in total. The van der Waals surface area contributed by atoms with Crippen LogP contribution in [0, 0.1) is 6.92 Å². The number of hydrogen-bond acceptors (Lipinski definition) is 0. The van der Waals surface area contributed by atoms with Gasteiger partial charge >= 0.3 is 0 Å². The van der Waals surface area contributed by atoms with Gasteiger partial charge in [0, 0.05) is 10.4 Å². The van der Waals surface area contributed by atoms with Crippen LogP contribution in [0.25, 0.3) is 11.1 Å².